The van der Waals surface area contributed by atoms with Gasteiger partial charge in [-0.3, -0.25) is 9.97 Å². The number of pyridine rings is 3. The molecule has 3 aromatic rings. The van der Waals surface area contributed by atoms with Crippen LogP contribution in [0.1, 0.15) is 24.0 Å². The molecule has 1 fully saturated rings. The first-order valence-corrected chi connectivity index (χ1v) is 7.91. The lowest BCUT2D eigenvalue weighted by Gasteiger charge is -2.12. The van der Waals surface area contributed by atoms with Crippen LogP contribution in [0.25, 0.3) is 10.9 Å². The Morgan fingerprint density at radius 1 is 1.21 bits per heavy atom. The van der Waals surface area contributed by atoms with E-state index in [2.05, 4.69) is 31.7 Å². The SMILES string of the molecule is N#Cc1cnc2cnc(NCc3cccnc3)cc2c1NC1CC1. The van der Waals surface area contributed by atoms with Crippen molar-refractivity contribution in [2.24, 2.45) is 0 Å². The van der Waals surface area contributed by atoms with Crippen LogP contribution in [-0.2, 0) is 6.54 Å². The first-order valence-electron chi connectivity index (χ1n) is 7.91. The van der Waals surface area contributed by atoms with Gasteiger partial charge < -0.3 is 10.6 Å². The summed E-state index contributed by atoms with van der Waals surface area (Å²) in [7, 11) is 0. The molecule has 1 aliphatic carbocycles. The lowest BCUT2D eigenvalue weighted by molar-refractivity contribution is 1.09. The van der Waals surface area contributed by atoms with Crippen molar-refractivity contribution in [3.8, 4) is 6.07 Å². The Hall–Kier alpha value is -3.20. The van der Waals surface area contributed by atoms with E-state index in [1.54, 1.807) is 18.6 Å². The van der Waals surface area contributed by atoms with E-state index in [-0.39, 0.29) is 0 Å². The van der Waals surface area contributed by atoms with Crippen molar-refractivity contribution in [1.29, 1.82) is 5.26 Å². The average molecular weight is 316 g/mol. The van der Waals surface area contributed by atoms with Gasteiger partial charge in [-0.05, 0) is 30.5 Å². The minimum atomic E-state index is 0.461. The van der Waals surface area contributed by atoms with Crippen LogP contribution in [0.5, 0.6) is 0 Å². The van der Waals surface area contributed by atoms with Gasteiger partial charge in [0.15, 0.2) is 0 Å². The molecule has 0 atom stereocenters. The van der Waals surface area contributed by atoms with Gasteiger partial charge in [0.2, 0.25) is 0 Å². The summed E-state index contributed by atoms with van der Waals surface area (Å²) in [4.78, 5) is 12.9. The fraction of sp³-hybridized carbons (Fsp3) is 0.222. The molecule has 0 aromatic carbocycles. The van der Waals surface area contributed by atoms with E-state index in [0.29, 0.717) is 18.2 Å². The molecule has 3 aromatic heterocycles. The standard InChI is InChI=1S/C18H16N6/c19-7-13-10-21-16-11-23-17(22-9-12-2-1-5-20-8-12)6-15(16)18(13)24-14-3-4-14/h1-2,5-6,8,10-11,14H,3-4,9H2,(H,21,24)(H,22,23). The van der Waals surface area contributed by atoms with Crippen LogP contribution in [0.2, 0.25) is 0 Å². The van der Waals surface area contributed by atoms with Crippen molar-refractivity contribution in [1.82, 2.24) is 15.0 Å². The quantitative estimate of drug-likeness (QED) is 0.752. The van der Waals surface area contributed by atoms with Crippen LogP contribution in [0, 0.1) is 11.3 Å². The molecule has 118 valence electrons. The van der Waals surface area contributed by atoms with Crippen molar-refractivity contribution >= 4 is 22.4 Å². The van der Waals surface area contributed by atoms with E-state index in [9.17, 15) is 5.26 Å². The van der Waals surface area contributed by atoms with Gasteiger partial charge in [0, 0.05) is 36.6 Å². The molecule has 0 bridgehead atoms. The van der Waals surface area contributed by atoms with Crippen LogP contribution >= 0.6 is 0 Å². The Kier molecular flexibility index (Phi) is 3.67. The molecule has 0 saturated heterocycles. The van der Waals surface area contributed by atoms with Gasteiger partial charge in [0.05, 0.1) is 23.0 Å². The Balaban J connectivity index is 1.66. The highest BCUT2D eigenvalue weighted by atomic mass is 15.0. The van der Waals surface area contributed by atoms with E-state index in [1.807, 2.05) is 24.4 Å². The number of nitrogens with one attached hydrogen (secondary N) is 2. The highest BCUT2D eigenvalue weighted by Crippen LogP contribution is 2.32. The minimum Gasteiger partial charge on any atom is -0.381 e. The molecule has 4 rings (SSSR count). The van der Waals surface area contributed by atoms with Gasteiger partial charge in [0.1, 0.15) is 11.9 Å². The summed E-state index contributed by atoms with van der Waals surface area (Å²) in [5, 5.41) is 17.0. The van der Waals surface area contributed by atoms with E-state index in [4.69, 9.17) is 0 Å². The average Bonchev–Trinajstić information content (AvgIpc) is 3.45. The molecule has 1 aliphatic rings. The second-order valence-corrected chi connectivity index (χ2v) is 5.88. The predicted molar refractivity (Wildman–Crippen MR) is 92.5 cm³/mol. The number of fused-ring (bicyclic) bond motifs is 1. The van der Waals surface area contributed by atoms with Gasteiger partial charge in [-0.1, -0.05) is 6.07 Å². The number of anilines is 2. The van der Waals surface area contributed by atoms with Gasteiger partial charge >= 0.3 is 0 Å². The van der Waals surface area contributed by atoms with Crippen LogP contribution in [0.3, 0.4) is 0 Å². The molecule has 0 amide bonds. The van der Waals surface area contributed by atoms with Crippen molar-refractivity contribution in [2.75, 3.05) is 10.6 Å². The Morgan fingerprint density at radius 2 is 2.12 bits per heavy atom. The zero-order valence-electron chi connectivity index (χ0n) is 13.0. The van der Waals surface area contributed by atoms with Gasteiger partial charge in [-0.2, -0.15) is 5.26 Å². The molecule has 0 aliphatic heterocycles. The first kappa shape index (κ1) is 14.4. The van der Waals surface area contributed by atoms with Crippen LogP contribution in [-0.4, -0.2) is 21.0 Å². The summed E-state index contributed by atoms with van der Waals surface area (Å²) in [6.07, 6.45) is 9.21. The molecule has 2 N–H and O–H groups in total. The normalized spacial score (nSPS) is 13.5. The van der Waals surface area contributed by atoms with E-state index in [1.165, 1.54) is 0 Å². The van der Waals surface area contributed by atoms with Crippen molar-refractivity contribution in [2.45, 2.75) is 25.4 Å². The second kappa shape index (κ2) is 6.13. The number of hydrogen-bond acceptors (Lipinski definition) is 6. The third-order valence-corrected chi connectivity index (χ3v) is 4.00. The van der Waals surface area contributed by atoms with Crippen LogP contribution in [0.4, 0.5) is 11.5 Å². The molecular weight excluding hydrogens is 300 g/mol. The molecule has 1 saturated carbocycles. The maximum Gasteiger partial charge on any atom is 0.126 e. The van der Waals surface area contributed by atoms with Gasteiger partial charge in [0.25, 0.3) is 0 Å². The van der Waals surface area contributed by atoms with Gasteiger partial charge in [-0.25, -0.2) is 4.98 Å². The third-order valence-electron chi connectivity index (χ3n) is 4.00. The lowest BCUT2D eigenvalue weighted by atomic mass is 10.1. The molecule has 6 heteroatoms. The molecule has 0 radical (unpaired) electrons. The lowest BCUT2D eigenvalue weighted by Crippen LogP contribution is -2.06. The zero-order valence-corrected chi connectivity index (χ0v) is 13.0. The van der Waals surface area contributed by atoms with Gasteiger partial charge in [-0.15, -0.1) is 0 Å². The Morgan fingerprint density at radius 3 is 2.88 bits per heavy atom. The minimum absolute atomic E-state index is 0.461. The first-order chi connectivity index (χ1) is 11.8. The van der Waals surface area contributed by atoms with E-state index in [0.717, 1.165) is 40.8 Å². The molecule has 3 heterocycles. The third kappa shape index (κ3) is 2.97. The summed E-state index contributed by atoms with van der Waals surface area (Å²) in [5.41, 5.74) is 3.29. The number of hydrogen-bond donors (Lipinski definition) is 2. The summed E-state index contributed by atoms with van der Waals surface area (Å²) < 4.78 is 0. The molecule has 24 heavy (non-hydrogen) atoms. The largest absolute Gasteiger partial charge is 0.381 e. The predicted octanol–water partition coefficient (Wildman–Crippen LogP) is 3.08. The van der Waals surface area contributed by atoms with Crippen molar-refractivity contribution in [3.05, 3.63) is 54.1 Å². The number of rotatable bonds is 5. The number of nitrogens with zero attached hydrogens (tertiary/aromatic N) is 4. The van der Waals surface area contributed by atoms with Crippen LogP contribution in [0.15, 0.2) is 43.0 Å². The maximum atomic E-state index is 9.36. The fourth-order valence-electron chi connectivity index (χ4n) is 2.56. The Labute approximate surface area is 139 Å². The highest BCUT2D eigenvalue weighted by Gasteiger charge is 2.23. The van der Waals surface area contributed by atoms with E-state index >= 15 is 0 Å². The van der Waals surface area contributed by atoms with E-state index < -0.39 is 0 Å². The fourth-order valence-corrected chi connectivity index (χ4v) is 2.56. The van der Waals surface area contributed by atoms with Crippen molar-refractivity contribution in [3.63, 3.8) is 0 Å². The molecule has 0 unspecified atom stereocenters. The van der Waals surface area contributed by atoms with Crippen molar-refractivity contribution < 1.29 is 0 Å². The molecule has 0 spiro atoms. The second-order valence-electron chi connectivity index (χ2n) is 5.88. The monoisotopic (exact) mass is 316 g/mol. The summed E-state index contributed by atoms with van der Waals surface area (Å²) in [6.45, 7) is 0.642. The summed E-state index contributed by atoms with van der Waals surface area (Å²) >= 11 is 0. The smallest absolute Gasteiger partial charge is 0.126 e. The summed E-state index contributed by atoms with van der Waals surface area (Å²) in [5.74, 6) is 0.752. The summed E-state index contributed by atoms with van der Waals surface area (Å²) in [6, 6.07) is 8.55. The van der Waals surface area contributed by atoms with Crippen LogP contribution < -0.4 is 10.6 Å². The maximum absolute atomic E-state index is 9.36. The highest BCUT2D eigenvalue weighted by molar-refractivity contribution is 5.95. The zero-order chi connectivity index (χ0) is 16.4. The molecule has 6 nitrogen and oxygen atoms in total. The number of nitriles is 1. The topological polar surface area (TPSA) is 86.5 Å². The number of aromatic nitrogens is 3. The Bertz CT molecular complexity index is 912. The molecular formula is C18H16N6.